The molecule has 0 unspecified atom stereocenters. The standard InChI is InChI=1S/C8H7BrO3/c1-12-8-3-5(9)2-7(11)6(8)4-10/h2-4,11H,1H3. The highest BCUT2D eigenvalue weighted by Gasteiger charge is 2.08. The average Bonchev–Trinajstić information content (AvgIpc) is 2.03. The summed E-state index contributed by atoms with van der Waals surface area (Å²) in [7, 11) is 1.44. The summed E-state index contributed by atoms with van der Waals surface area (Å²) in [6, 6.07) is 3.05. The molecule has 0 saturated heterocycles. The smallest absolute Gasteiger partial charge is 0.157 e. The number of methoxy groups -OCH3 is 1. The van der Waals surface area contributed by atoms with Gasteiger partial charge in [0.15, 0.2) is 6.29 Å². The summed E-state index contributed by atoms with van der Waals surface area (Å²) in [5, 5.41) is 9.26. The summed E-state index contributed by atoms with van der Waals surface area (Å²) >= 11 is 3.16. The number of carbonyl (C=O) groups is 1. The van der Waals surface area contributed by atoms with Crippen molar-refractivity contribution in [3.8, 4) is 11.5 Å². The number of ether oxygens (including phenoxy) is 1. The fourth-order valence-corrected chi connectivity index (χ4v) is 1.29. The van der Waals surface area contributed by atoms with E-state index >= 15 is 0 Å². The Hall–Kier alpha value is -1.03. The van der Waals surface area contributed by atoms with E-state index in [0.29, 0.717) is 16.5 Å². The van der Waals surface area contributed by atoms with Crippen molar-refractivity contribution in [1.29, 1.82) is 0 Å². The normalized spacial score (nSPS) is 9.50. The molecule has 1 rings (SSSR count). The number of benzene rings is 1. The van der Waals surface area contributed by atoms with E-state index in [2.05, 4.69) is 15.9 Å². The Morgan fingerprint density at radius 2 is 2.25 bits per heavy atom. The number of carbonyl (C=O) groups excluding carboxylic acids is 1. The van der Waals surface area contributed by atoms with Gasteiger partial charge in [-0.1, -0.05) is 15.9 Å². The second-order valence-corrected chi connectivity index (χ2v) is 3.07. The summed E-state index contributed by atoms with van der Waals surface area (Å²) in [5.41, 5.74) is 0.167. The van der Waals surface area contributed by atoms with E-state index in [1.54, 1.807) is 6.07 Å². The fourth-order valence-electron chi connectivity index (χ4n) is 0.867. The van der Waals surface area contributed by atoms with E-state index in [-0.39, 0.29) is 11.3 Å². The van der Waals surface area contributed by atoms with Crippen LogP contribution in [0.1, 0.15) is 10.4 Å². The van der Waals surface area contributed by atoms with Gasteiger partial charge in [0.25, 0.3) is 0 Å². The molecular formula is C8H7BrO3. The summed E-state index contributed by atoms with van der Waals surface area (Å²) in [4.78, 5) is 10.5. The van der Waals surface area contributed by atoms with Gasteiger partial charge in [0, 0.05) is 4.47 Å². The maximum Gasteiger partial charge on any atom is 0.157 e. The summed E-state index contributed by atoms with van der Waals surface area (Å²) in [6.45, 7) is 0. The minimum atomic E-state index is -0.0868. The van der Waals surface area contributed by atoms with E-state index in [4.69, 9.17) is 4.74 Å². The van der Waals surface area contributed by atoms with Crippen LogP contribution >= 0.6 is 15.9 Å². The number of halogens is 1. The molecule has 0 radical (unpaired) electrons. The number of hydrogen-bond acceptors (Lipinski definition) is 3. The number of phenolic OH excluding ortho intramolecular Hbond substituents is 1. The lowest BCUT2D eigenvalue weighted by molar-refractivity contribution is 0.111. The molecule has 1 aromatic carbocycles. The number of phenols is 1. The van der Waals surface area contributed by atoms with Gasteiger partial charge in [-0.15, -0.1) is 0 Å². The van der Waals surface area contributed by atoms with Crippen molar-refractivity contribution in [3.05, 3.63) is 22.2 Å². The third-order valence-corrected chi connectivity index (χ3v) is 1.88. The Balaban J connectivity index is 3.33. The average molecular weight is 231 g/mol. The number of aldehydes is 1. The van der Waals surface area contributed by atoms with Gasteiger partial charge in [-0.25, -0.2) is 0 Å². The molecule has 0 fully saturated rings. The van der Waals surface area contributed by atoms with E-state index < -0.39 is 0 Å². The van der Waals surface area contributed by atoms with E-state index in [0.717, 1.165) is 0 Å². The molecule has 1 N–H and O–H groups in total. The zero-order valence-electron chi connectivity index (χ0n) is 6.37. The van der Waals surface area contributed by atoms with Crippen molar-refractivity contribution in [2.75, 3.05) is 7.11 Å². The molecule has 0 amide bonds. The second kappa shape index (κ2) is 3.58. The summed E-state index contributed by atoms with van der Waals surface area (Å²) < 4.78 is 5.55. The van der Waals surface area contributed by atoms with E-state index in [1.807, 2.05) is 0 Å². The first-order chi connectivity index (χ1) is 5.69. The molecule has 0 heterocycles. The highest BCUT2D eigenvalue weighted by molar-refractivity contribution is 9.10. The zero-order valence-corrected chi connectivity index (χ0v) is 7.96. The number of aromatic hydroxyl groups is 1. The molecule has 0 saturated carbocycles. The lowest BCUT2D eigenvalue weighted by Gasteiger charge is -2.05. The first-order valence-electron chi connectivity index (χ1n) is 3.20. The molecule has 0 aliphatic carbocycles. The van der Waals surface area contributed by atoms with Gasteiger partial charge in [0.05, 0.1) is 12.7 Å². The first-order valence-corrected chi connectivity index (χ1v) is 4.00. The van der Waals surface area contributed by atoms with Crippen LogP contribution in [0, 0.1) is 0 Å². The molecule has 3 nitrogen and oxygen atoms in total. The van der Waals surface area contributed by atoms with Gasteiger partial charge >= 0.3 is 0 Å². The van der Waals surface area contributed by atoms with Crippen molar-refractivity contribution in [2.24, 2.45) is 0 Å². The number of rotatable bonds is 2. The quantitative estimate of drug-likeness (QED) is 0.791. The zero-order chi connectivity index (χ0) is 9.14. The maximum atomic E-state index is 10.5. The van der Waals surface area contributed by atoms with Crippen LogP contribution in [0.5, 0.6) is 11.5 Å². The SMILES string of the molecule is COc1cc(Br)cc(O)c1C=O. The third-order valence-electron chi connectivity index (χ3n) is 1.42. The molecule has 0 atom stereocenters. The topological polar surface area (TPSA) is 46.5 Å². The van der Waals surface area contributed by atoms with Crippen molar-refractivity contribution >= 4 is 22.2 Å². The van der Waals surface area contributed by atoms with Gasteiger partial charge in [0.2, 0.25) is 0 Å². The molecule has 0 spiro atoms. The highest BCUT2D eigenvalue weighted by atomic mass is 79.9. The molecule has 4 heteroatoms. The van der Waals surface area contributed by atoms with Crippen LogP contribution in [0.25, 0.3) is 0 Å². The largest absolute Gasteiger partial charge is 0.507 e. The van der Waals surface area contributed by atoms with E-state index in [9.17, 15) is 9.90 Å². The van der Waals surface area contributed by atoms with Crippen molar-refractivity contribution in [3.63, 3.8) is 0 Å². The fraction of sp³-hybridized carbons (Fsp3) is 0.125. The van der Waals surface area contributed by atoms with Crippen LogP contribution in [0.15, 0.2) is 16.6 Å². The van der Waals surface area contributed by atoms with Gasteiger partial charge in [-0.3, -0.25) is 4.79 Å². The Morgan fingerprint density at radius 1 is 1.58 bits per heavy atom. The van der Waals surface area contributed by atoms with Crippen LogP contribution in [-0.2, 0) is 0 Å². The first kappa shape index (κ1) is 9.06. The molecule has 0 aromatic heterocycles. The predicted molar refractivity (Wildman–Crippen MR) is 47.7 cm³/mol. The molecule has 1 aromatic rings. The van der Waals surface area contributed by atoms with Crippen molar-refractivity contribution in [1.82, 2.24) is 0 Å². The Bertz CT molecular complexity index is 309. The van der Waals surface area contributed by atoms with Crippen LogP contribution < -0.4 is 4.74 Å². The number of hydrogen-bond donors (Lipinski definition) is 1. The monoisotopic (exact) mass is 230 g/mol. The molecular weight excluding hydrogens is 224 g/mol. The highest BCUT2D eigenvalue weighted by Crippen LogP contribution is 2.30. The lowest BCUT2D eigenvalue weighted by atomic mass is 10.2. The van der Waals surface area contributed by atoms with Crippen LogP contribution in [0.4, 0.5) is 0 Å². The maximum absolute atomic E-state index is 10.5. The van der Waals surface area contributed by atoms with Crippen LogP contribution in [-0.4, -0.2) is 18.5 Å². The predicted octanol–water partition coefficient (Wildman–Crippen LogP) is 1.98. The Kier molecular flexibility index (Phi) is 2.70. The van der Waals surface area contributed by atoms with Gasteiger partial charge < -0.3 is 9.84 Å². The molecule has 64 valence electrons. The molecule has 0 aliphatic heterocycles. The molecule has 0 bridgehead atoms. The van der Waals surface area contributed by atoms with Crippen molar-refractivity contribution < 1.29 is 14.6 Å². The Morgan fingerprint density at radius 3 is 2.75 bits per heavy atom. The lowest BCUT2D eigenvalue weighted by Crippen LogP contribution is -1.90. The van der Waals surface area contributed by atoms with Crippen molar-refractivity contribution in [2.45, 2.75) is 0 Å². The van der Waals surface area contributed by atoms with Gasteiger partial charge in [-0.05, 0) is 12.1 Å². The summed E-state index contributed by atoms with van der Waals surface area (Å²) in [6.07, 6.45) is 0.556. The minimum Gasteiger partial charge on any atom is -0.507 e. The third kappa shape index (κ3) is 1.58. The van der Waals surface area contributed by atoms with Crippen LogP contribution in [0.2, 0.25) is 0 Å². The second-order valence-electron chi connectivity index (χ2n) is 2.16. The molecule has 0 aliphatic rings. The Labute approximate surface area is 78.1 Å². The van der Waals surface area contributed by atoms with Gasteiger partial charge in [0.1, 0.15) is 11.5 Å². The minimum absolute atomic E-state index is 0.0868. The molecule has 12 heavy (non-hydrogen) atoms. The summed E-state index contributed by atoms with van der Waals surface area (Å²) in [5.74, 6) is 0.271. The van der Waals surface area contributed by atoms with E-state index in [1.165, 1.54) is 13.2 Å². The van der Waals surface area contributed by atoms with Gasteiger partial charge in [-0.2, -0.15) is 0 Å². The van der Waals surface area contributed by atoms with Crippen LogP contribution in [0.3, 0.4) is 0 Å².